The summed E-state index contributed by atoms with van der Waals surface area (Å²) in [6.45, 7) is 11.3. The molecule has 5 heteroatoms. The van der Waals surface area contributed by atoms with Crippen LogP contribution in [0, 0.1) is 5.92 Å². The van der Waals surface area contributed by atoms with Gasteiger partial charge in [0.05, 0.1) is 18.5 Å². The van der Waals surface area contributed by atoms with Gasteiger partial charge in [-0.25, -0.2) is 4.98 Å². The largest absolute Gasteiger partial charge is 0.373 e. The Morgan fingerprint density at radius 2 is 1.91 bits per heavy atom. The number of morpholine rings is 1. The number of aromatic amines is 1. The van der Waals surface area contributed by atoms with Gasteiger partial charge in [0.2, 0.25) is 0 Å². The second-order valence-corrected chi connectivity index (χ2v) is 7.10. The van der Waals surface area contributed by atoms with E-state index in [0.29, 0.717) is 12.2 Å². The van der Waals surface area contributed by atoms with Crippen LogP contribution in [0.5, 0.6) is 0 Å². The molecule has 2 aliphatic heterocycles. The zero-order chi connectivity index (χ0) is 15.4. The lowest BCUT2D eigenvalue weighted by Crippen LogP contribution is -2.46. The van der Waals surface area contributed by atoms with Crippen molar-refractivity contribution in [2.45, 2.75) is 51.9 Å². The highest BCUT2D eigenvalue weighted by atomic mass is 16.5. The number of imidazole rings is 1. The standard InChI is InChI=1S/C17H30N4O/c1-14-10-21(11-15(2)22-14)8-5-16-3-6-20(7-4-16)12-17-9-18-13-19-17/h9,13-16H,3-8,10-12H2,1-2H3,(H,18,19)/t14-,15-/m0/s1. The summed E-state index contributed by atoms with van der Waals surface area (Å²) in [6.07, 6.45) is 8.50. The summed E-state index contributed by atoms with van der Waals surface area (Å²) in [6, 6.07) is 0. The van der Waals surface area contributed by atoms with E-state index in [9.17, 15) is 0 Å². The number of H-pyrrole nitrogens is 1. The highest BCUT2D eigenvalue weighted by molar-refractivity contribution is 4.94. The third-order valence-corrected chi connectivity index (χ3v) is 5.00. The summed E-state index contributed by atoms with van der Waals surface area (Å²) in [5.74, 6) is 0.895. The first-order chi connectivity index (χ1) is 10.7. The lowest BCUT2D eigenvalue weighted by Gasteiger charge is -2.37. The third-order valence-electron chi connectivity index (χ3n) is 5.00. The molecule has 0 amide bonds. The molecule has 1 aromatic rings. The van der Waals surface area contributed by atoms with Crippen molar-refractivity contribution in [3.63, 3.8) is 0 Å². The average Bonchev–Trinajstić information content (AvgIpc) is 2.98. The zero-order valence-corrected chi connectivity index (χ0v) is 14.0. The average molecular weight is 306 g/mol. The van der Waals surface area contributed by atoms with E-state index in [-0.39, 0.29) is 0 Å². The van der Waals surface area contributed by atoms with Crippen LogP contribution in [0.4, 0.5) is 0 Å². The smallest absolute Gasteiger partial charge is 0.0922 e. The van der Waals surface area contributed by atoms with Gasteiger partial charge in [-0.2, -0.15) is 0 Å². The van der Waals surface area contributed by atoms with Gasteiger partial charge in [-0.1, -0.05) is 0 Å². The van der Waals surface area contributed by atoms with Crippen molar-refractivity contribution < 1.29 is 4.74 Å². The zero-order valence-electron chi connectivity index (χ0n) is 14.0. The number of hydrogen-bond acceptors (Lipinski definition) is 4. The number of rotatable bonds is 5. The van der Waals surface area contributed by atoms with Crippen LogP contribution in [0.1, 0.15) is 38.8 Å². The Morgan fingerprint density at radius 1 is 1.18 bits per heavy atom. The monoisotopic (exact) mass is 306 g/mol. The van der Waals surface area contributed by atoms with Gasteiger partial charge in [-0.3, -0.25) is 9.80 Å². The predicted octanol–water partition coefficient (Wildman–Crippen LogP) is 2.12. The van der Waals surface area contributed by atoms with E-state index in [4.69, 9.17) is 4.74 Å². The normalized spacial score (nSPS) is 29.0. The first kappa shape index (κ1) is 16.0. The van der Waals surface area contributed by atoms with Gasteiger partial charge < -0.3 is 9.72 Å². The minimum absolute atomic E-state index is 0.389. The SMILES string of the molecule is C[C@H]1CN(CCC2CCN(Cc3cnc[nH]3)CC2)C[C@H](C)O1. The molecular weight excluding hydrogens is 276 g/mol. The van der Waals surface area contributed by atoms with Crippen molar-refractivity contribution in [1.82, 2.24) is 19.8 Å². The van der Waals surface area contributed by atoms with Crippen LogP contribution in [0.2, 0.25) is 0 Å². The summed E-state index contributed by atoms with van der Waals surface area (Å²) in [5, 5.41) is 0. The number of hydrogen-bond donors (Lipinski definition) is 1. The van der Waals surface area contributed by atoms with Crippen molar-refractivity contribution in [2.75, 3.05) is 32.7 Å². The van der Waals surface area contributed by atoms with Gasteiger partial charge in [0.1, 0.15) is 0 Å². The first-order valence-electron chi connectivity index (χ1n) is 8.76. The van der Waals surface area contributed by atoms with Crippen LogP contribution in [-0.2, 0) is 11.3 Å². The van der Waals surface area contributed by atoms with Crippen LogP contribution in [0.3, 0.4) is 0 Å². The quantitative estimate of drug-likeness (QED) is 0.905. The lowest BCUT2D eigenvalue weighted by molar-refractivity contribution is -0.0693. The molecule has 0 saturated carbocycles. The van der Waals surface area contributed by atoms with Crippen LogP contribution in [0.15, 0.2) is 12.5 Å². The van der Waals surface area contributed by atoms with Crippen molar-refractivity contribution in [2.24, 2.45) is 5.92 Å². The van der Waals surface area contributed by atoms with Crippen LogP contribution >= 0.6 is 0 Å². The number of aromatic nitrogens is 2. The molecule has 0 aromatic carbocycles. The second kappa shape index (κ2) is 7.57. The van der Waals surface area contributed by atoms with E-state index >= 15 is 0 Å². The predicted molar refractivity (Wildman–Crippen MR) is 87.7 cm³/mol. The number of nitrogens with one attached hydrogen (secondary N) is 1. The number of likely N-dealkylation sites (tertiary alicyclic amines) is 1. The van der Waals surface area contributed by atoms with Gasteiger partial charge in [0.15, 0.2) is 0 Å². The summed E-state index contributed by atoms with van der Waals surface area (Å²) in [4.78, 5) is 12.4. The molecule has 2 saturated heterocycles. The Hall–Kier alpha value is -0.910. The van der Waals surface area contributed by atoms with E-state index < -0.39 is 0 Å². The van der Waals surface area contributed by atoms with Crippen molar-refractivity contribution >= 4 is 0 Å². The maximum absolute atomic E-state index is 5.82. The van der Waals surface area contributed by atoms with Crippen molar-refractivity contribution in [1.29, 1.82) is 0 Å². The highest BCUT2D eigenvalue weighted by Gasteiger charge is 2.24. The molecule has 1 aromatic heterocycles. The van der Waals surface area contributed by atoms with E-state index in [2.05, 4.69) is 33.6 Å². The summed E-state index contributed by atoms with van der Waals surface area (Å²) >= 11 is 0. The van der Waals surface area contributed by atoms with Crippen LogP contribution < -0.4 is 0 Å². The first-order valence-corrected chi connectivity index (χ1v) is 8.76. The highest BCUT2D eigenvalue weighted by Crippen LogP contribution is 2.22. The molecule has 0 bridgehead atoms. The van der Waals surface area contributed by atoms with Crippen molar-refractivity contribution in [3.05, 3.63) is 18.2 Å². The summed E-state index contributed by atoms with van der Waals surface area (Å²) < 4.78 is 5.82. The Kier molecular flexibility index (Phi) is 5.50. The van der Waals surface area contributed by atoms with Gasteiger partial charge in [-0.15, -0.1) is 0 Å². The van der Waals surface area contributed by atoms with Crippen molar-refractivity contribution in [3.8, 4) is 0 Å². The molecule has 2 aliphatic rings. The molecule has 3 rings (SSSR count). The minimum atomic E-state index is 0.389. The van der Waals surface area contributed by atoms with E-state index in [1.165, 1.54) is 44.6 Å². The number of ether oxygens (including phenoxy) is 1. The topological polar surface area (TPSA) is 44.4 Å². The maximum Gasteiger partial charge on any atom is 0.0922 e. The van der Waals surface area contributed by atoms with E-state index in [1.54, 1.807) is 6.33 Å². The second-order valence-electron chi connectivity index (χ2n) is 7.10. The lowest BCUT2D eigenvalue weighted by atomic mass is 9.93. The van der Waals surface area contributed by atoms with E-state index in [1.807, 2.05) is 6.20 Å². The molecule has 5 nitrogen and oxygen atoms in total. The molecule has 22 heavy (non-hydrogen) atoms. The Labute approximate surface area is 134 Å². The maximum atomic E-state index is 5.82. The fraction of sp³-hybridized carbons (Fsp3) is 0.824. The number of nitrogens with zero attached hydrogens (tertiary/aromatic N) is 3. The fourth-order valence-electron chi connectivity index (χ4n) is 3.88. The molecule has 3 heterocycles. The van der Waals surface area contributed by atoms with Crippen LogP contribution in [-0.4, -0.2) is 64.7 Å². The molecule has 124 valence electrons. The minimum Gasteiger partial charge on any atom is -0.373 e. The van der Waals surface area contributed by atoms with Gasteiger partial charge in [0, 0.05) is 31.5 Å². The Balaban J connectivity index is 1.35. The number of piperidine rings is 1. The van der Waals surface area contributed by atoms with Gasteiger partial charge >= 0.3 is 0 Å². The fourth-order valence-corrected chi connectivity index (χ4v) is 3.88. The molecule has 0 spiro atoms. The van der Waals surface area contributed by atoms with Crippen LogP contribution in [0.25, 0.3) is 0 Å². The Bertz CT molecular complexity index is 418. The molecule has 2 fully saturated rings. The summed E-state index contributed by atoms with van der Waals surface area (Å²) in [7, 11) is 0. The molecule has 0 aliphatic carbocycles. The summed E-state index contributed by atoms with van der Waals surface area (Å²) in [5.41, 5.74) is 1.23. The third kappa shape index (κ3) is 4.54. The van der Waals surface area contributed by atoms with Gasteiger partial charge in [0.25, 0.3) is 0 Å². The van der Waals surface area contributed by atoms with E-state index in [0.717, 1.165) is 25.6 Å². The molecule has 2 atom stereocenters. The molecular formula is C17H30N4O. The Morgan fingerprint density at radius 3 is 2.55 bits per heavy atom. The molecule has 0 unspecified atom stereocenters. The molecule has 1 N–H and O–H groups in total. The van der Waals surface area contributed by atoms with Gasteiger partial charge in [-0.05, 0) is 58.7 Å². The molecule has 0 radical (unpaired) electrons.